The van der Waals surface area contributed by atoms with Gasteiger partial charge in [0.05, 0.1) is 17.3 Å². The summed E-state index contributed by atoms with van der Waals surface area (Å²) in [5.41, 5.74) is 9.61. The highest BCUT2D eigenvalue weighted by atomic mass is 15.2. The standard InChI is InChI=1S/C15H17N5/c1-9(2)6-10-4-3-5-11(7-10)13-12-8-17-20-14(12)19-15(16)18-13/h3-5,7-9H,6H2,1-2H3,(H3,16,17,18,19,20). The summed E-state index contributed by atoms with van der Waals surface area (Å²) < 4.78 is 0. The highest BCUT2D eigenvalue weighted by molar-refractivity contribution is 5.90. The van der Waals surface area contributed by atoms with Gasteiger partial charge in [0.1, 0.15) is 0 Å². The van der Waals surface area contributed by atoms with E-state index in [4.69, 9.17) is 5.73 Å². The van der Waals surface area contributed by atoms with Crippen LogP contribution in [0.5, 0.6) is 0 Å². The van der Waals surface area contributed by atoms with Crippen molar-refractivity contribution in [3.05, 3.63) is 36.0 Å². The van der Waals surface area contributed by atoms with Crippen molar-refractivity contribution in [3.63, 3.8) is 0 Å². The lowest BCUT2D eigenvalue weighted by molar-refractivity contribution is 0.647. The number of benzene rings is 1. The molecule has 0 fully saturated rings. The van der Waals surface area contributed by atoms with Gasteiger partial charge in [0.25, 0.3) is 0 Å². The van der Waals surface area contributed by atoms with Gasteiger partial charge in [-0.1, -0.05) is 32.0 Å². The average molecular weight is 267 g/mol. The maximum atomic E-state index is 5.77. The molecule has 0 spiro atoms. The Bertz CT molecular complexity index is 745. The Morgan fingerprint density at radius 2 is 2.10 bits per heavy atom. The van der Waals surface area contributed by atoms with Crippen molar-refractivity contribution in [1.82, 2.24) is 20.2 Å². The van der Waals surface area contributed by atoms with E-state index in [-0.39, 0.29) is 5.95 Å². The molecule has 3 rings (SSSR count). The summed E-state index contributed by atoms with van der Waals surface area (Å²) >= 11 is 0. The molecule has 0 aliphatic heterocycles. The second kappa shape index (κ2) is 4.92. The molecular weight excluding hydrogens is 250 g/mol. The number of nitrogens with one attached hydrogen (secondary N) is 1. The van der Waals surface area contributed by atoms with Crippen LogP contribution in [0.25, 0.3) is 22.3 Å². The third-order valence-corrected chi connectivity index (χ3v) is 3.17. The predicted octanol–water partition coefficient (Wildman–Crippen LogP) is 2.80. The lowest BCUT2D eigenvalue weighted by Gasteiger charge is -2.08. The summed E-state index contributed by atoms with van der Waals surface area (Å²) in [6.07, 6.45) is 2.78. The molecule has 2 aromatic heterocycles. The van der Waals surface area contributed by atoms with Crippen LogP contribution in [0, 0.1) is 5.92 Å². The van der Waals surface area contributed by atoms with Crippen molar-refractivity contribution in [2.45, 2.75) is 20.3 Å². The number of hydrogen-bond acceptors (Lipinski definition) is 4. The third kappa shape index (κ3) is 2.34. The van der Waals surface area contributed by atoms with E-state index in [1.807, 2.05) is 6.07 Å². The number of rotatable bonds is 3. The Labute approximate surface area is 117 Å². The molecule has 2 heterocycles. The summed E-state index contributed by atoms with van der Waals surface area (Å²) in [6.45, 7) is 4.42. The number of nitrogen functional groups attached to an aromatic ring is 1. The number of anilines is 1. The molecule has 3 N–H and O–H groups in total. The van der Waals surface area contributed by atoms with E-state index in [1.54, 1.807) is 6.20 Å². The molecule has 0 radical (unpaired) electrons. The normalized spacial score (nSPS) is 11.3. The molecule has 5 heteroatoms. The molecule has 1 aromatic carbocycles. The van der Waals surface area contributed by atoms with E-state index < -0.39 is 0 Å². The first kappa shape index (κ1) is 12.6. The zero-order chi connectivity index (χ0) is 14.1. The molecule has 5 nitrogen and oxygen atoms in total. The molecule has 0 saturated heterocycles. The molecule has 0 aliphatic carbocycles. The quantitative estimate of drug-likeness (QED) is 0.764. The number of nitrogens with zero attached hydrogens (tertiary/aromatic N) is 3. The molecule has 0 aliphatic rings. The van der Waals surface area contributed by atoms with Crippen molar-refractivity contribution in [3.8, 4) is 11.3 Å². The Morgan fingerprint density at radius 1 is 1.25 bits per heavy atom. The van der Waals surface area contributed by atoms with E-state index in [1.165, 1.54) is 5.56 Å². The molecule has 20 heavy (non-hydrogen) atoms. The van der Waals surface area contributed by atoms with E-state index >= 15 is 0 Å². The van der Waals surface area contributed by atoms with Crippen LogP contribution in [0.2, 0.25) is 0 Å². The van der Waals surface area contributed by atoms with Gasteiger partial charge in [-0.25, -0.2) is 4.98 Å². The van der Waals surface area contributed by atoms with Crippen molar-refractivity contribution >= 4 is 17.0 Å². The van der Waals surface area contributed by atoms with E-state index in [0.29, 0.717) is 11.6 Å². The van der Waals surface area contributed by atoms with Crippen molar-refractivity contribution in [2.24, 2.45) is 5.92 Å². The van der Waals surface area contributed by atoms with Gasteiger partial charge in [0.15, 0.2) is 5.65 Å². The molecule has 0 amide bonds. The Hall–Kier alpha value is -2.43. The molecule has 0 saturated carbocycles. The topological polar surface area (TPSA) is 80.5 Å². The number of H-pyrrole nitrogens is 1. The van der Waals surface area contributed by atoms with Crippen LogP contribution in [0.4, 0.5) is 5.95 Å². The van der Waals surface area contributed by atoms with Crippen LogP contribution in [-0.2, 0) is 6.42 Å². The number of hydrogen-bond donors (Lipinski definition) is 2. The van der Waals surface area contributed by atoms with Crippen LogP contribution < -0.4 is 5.73 Å². The van der Waals surface area contributed by atoms with Gasteiger partial charge in [-0.05, 0) is 24.0 Å². The highest BCUT2D eigenvalue weighted by Gasteiger charge is 2.10. The van der Waals surface area contributed by atoms with Gasteiger partial charge in [-0.3, -0.25) is 5.10 Å². The Kier molecular flexibility index (Phi) is 3.10. The SMILES string of the molecule is CC(C)Cc1cccc(-c2nc(N)nc3[nH]ncc23)c1. The number of fused-ring (bicyclic) bond motifs is 1. The molecule has 0 atom stereocenters. The number of aromatic nitrogens is 4. The average Bonchev–Trinajstić information content (AvgIpc) is 2.85. The van der Waals surface area contributed by atoms with E-state index in [9.17, 15) is 0 Å². The van der Waals surface area contributed by atoms with Crippen LogP contribution in [0.3, 0.4) is 0 Å². The van der Waals surface area contributed by atoms with Crippen molar-refractivity contribution < 1.29 is 0 Å². The molecule has 102 valence electrons. The lowest BCUT2D eigenvalue weighted by atomic mass is 9.99. The summed E-state index contributed by atoms with van der Waals surface area (Å²) in [7, 11) is 0. The lowest BCUT2D eigenvalue weighted by Crippen LogP contribution is -1.98. The van der Waals surface area contributed by atoms with Gasteiger partial charge in [-0.15, -0.1) is 0 Å². The van der Waals surface area contributed by atoms with Gasteiger partial charge in [-0.2, -0.15) is 10.1 Å². The summed E-state index contributed by atoms with van der Waals surface area (Å²) in [4.78, 5) is 8.51. The van der Waals surface area contributed by atoms with Crippen LogP contribution in [0.15, 0.2) is 30.5 Å². The van der Waals surface area contributed by atoms with Gasteiger partial charge >= 0.3 is 0 Å². The molecule has 3 aromatic rings. The van der Waals surface area contributed by atoms with Crippen molar-refractivity contribution in [2.75, 3.05) is 5.73 Å². The van der Waals surface area contributed by atoms with Crippen LogP contribution in [0.1, 0.15) is 19.4 Å². The minimum atomic E-state index is 0.256. The minimum Gasteiger partial charge on any atom is -0.368 e. The Morgan fingerprint density at radius 3 is 2.90 bits per heavy atom. The van der Waals surface area contributed by atoms with Gasteiger partial charge in [0.2, 0.25) is 5.95 Å². The number of nitrogens with two attached hydrogens (primary N) is 1. The van der Waals surface area contributed by atoms with Crippen LogP contribution in [-0.4, -0.2) is 20.2 Å². The third-order valence-electron chi connectivity index (χ3n) is 3.17. The second-order valence-electron chi connectivity index (χ2n) is 5.36. The molecular formula is C15H17N5. The maximum Gasteiger partial charge on any atom is 0.222 e. The Balaban J connectivity index is 2.13. The van der Waals surface area contributed by atoms with Crippen molar-refractivity contribution in [1.29, 1.82) is 0 Å². The first-order valence-electron chi connectivity index (χ1n) is 6.69. The smallest absolute Gasteiger partial charge is 0.222 e. The van der Waals surface area contributed by atoms with E-state index in [2.05, 4.69) is 52.2 Å². The molecule has 0 bridgehead atoms. The summed E-state index contributed by atoms with van der Waals surface area (Å²) in [6, 6.07) is 8.39. The van der Waals surface area contributed by atoms with Crippen LogP contribution >= 0.6 is 0 Å². The first-order valence-corrected chi connectivity index (χ1v) is 6.69. The largest absolute Gasteiger partial charge is 0.368 e. The summed E-state index contributed by atoms with van der Waals surface area (Å²) in [5.74, 6) is 0.876. The fourth-order valence-corrected chi connectivity index (χ4v) is 2.39. The van der Waals surface area contributed by atoms with Gasteiger partial charge in [0, 0.05) is 5.56 Å². The zero-order valence-electron chi connectivity index (χ0n) is 11.6. The monoisotopic (exact) mass is 267 g/mol. The molecule has 0 unspecified atom stereocenters. The fourth-order valence-electron chi connectivity index (χ4n) is 2.39. The predicted molar refractivity (Wildman–Crippen MR) is 80.1 cm³/mol. The minimum absolute atomic E-state index is 0.256. The maximum absolute atomic E-state index is 5.77. The van der Waals surface area contributed by atoms with E-state index in [0.717, 1.165) is 23.1 Å². The zero-order valence-corrected chi connectivity index (χ0v) is 11.6. The second-order valence-corrected chi connectivity index (χ2v) is 5.36. The first-order chi connectivity index (χ1) is 9.63. The highest BCUT2D eigenvalue weighted by Crippen LogP contribution is 2.26. The van der Waals surface area contributed by atoms with Gasteiger partial charge < -0.3 is 5.73 Å². The fraction of sp³-hybridized carbons (Fsp3) is 0.267. The number of aromatic amines is 1. The summed E-state index contributed by atoms with van der Waals surface area (Å²) in [5, 5.41) is 7.74.